The lowest BCUT2D eigenvalue weighted by Gasteiger charge is -2.04. The minimum Gasteiger partial charge on any atom is -0.355 e. The van der Waals surface area contributed by atoms with Crippen LogP contribution in [0.15, 0.2) is 6.20 Å². The number of amides is 1. The van der Waals surface area contributed by atoms with Crippen LogP contribution in [0.4, 0.5) is 13.2 Å². The Morgan fingerprint density at radius 1 is 1.67 bits per heavy atom. The minimum absolute atomic E-state index is 0.0802. The number of alkyl halides is 3. The summed E-state index contributed by atoms with van der Waals surface area (Å²) in [5.41, 5.74) is -0.0802. The Morgan fingerprint density at radius 2 is 2.27 bits per heavy atom. The second kappa shape index (κ2) is 4.09. The minimum atomic E-state index is -4.39. The van der Waals surface area contributed by atoms with Crippen molar-refractivity contribution in [2.75, 3.05) is 7.05 Å². The van der Waals surface area contributed by atoms with Gasteiger partial charge in [0.2, 0.25) is 0 Å². The maximum atomic E-state index is 12.0. The number of hydrogen-bond donors (Lipinski definition) is 1. The van der Waals surface area contributed by atoms with Crippen LogP contribution in [0.3, 0.4) is 0 Å². The van der Waals surface area contributed by atoms with Crippen LogP contribution < -0.4 is 5.32 Å². The van der Waals surface area contributed by atoms with Gasteiger partial charge in [-0.15, -0.1) is 0 Å². The summed E-state index contributed by atoms with van der Waals surface area (Å²) in [6.07, 6.45) is -3.44. The molecule has 0 saturated carbocycles. The second-order valence-corrected chi connectivity index (χ2v) is 3.08. The van der Waals surface area contributed by atoms with E-state index in [1.165, 1.54) is 7.05 Å². The van der Waals surface area contributed by atoms with E-state index in [0.717, 1.165) is 6.20 Å². The van der Waals surface area contributed by atoms with Gasteiger partial charge in [-0.2, -0.15) is 18.3 Å². The third-order valence-electron chi connectivity index (χ3n) is 1.53. The van der Waals surface area contributed by atoms with Crippen LogP contribution in [-0.2, 0) is 6.54 Å². The highest BCUT2D eigenvalue weighted by Crippen LogP contribution is 2.19. The molecule has 1 aromatic rings. The van der Waals surface area contributed by atoms with Crippen molar-refractivity contribution in [3.05, 3.63) is 16.9 Å². The van der Waals surface area contributed by atoms with Gasteiger partial charge in [0.25, 0.3) is 5.91 Å². The summed E-state index contributed by atoms with van der Waals surface area (Å²) in [5, 5.41) is 5.36. The highest BCUT2D eigenvalue weighted by molar-refractivity contribution is 6.32. The van der Waals surface area contributed by atoms with Crippen LogP contribution in [0.5, 0.6) is 0 Å². The molecule has 0 saturated heterocycles. The smallest absolute Gasteiger partial charge is 0.355 e. The highest BCUT2D eigenvalue weighted by Gasteiger charge is 2.29. The van der Waals surface area contributed by atoms with E-state index in [0.29, 0.717) is 4.68 Å². The predicted octanol–water partition coefficient (Wildman–Crippen LogP) is 1.46. The third kappa shape index (κ3) is 3.12. The number of carbonyl (C=O) groups is 1. The van der Waals surface area contributed by atoms with Crippen molar-refractivity contribution in [1.82, 2.24) is 15.1 Å². The van der Waals surface area contributed by atoms with E-state index in [1.807, 2.05) is 0 Å². The molecule has 1 N–H and O–H groups in total. The zero-order valence-corrected chi connectivity index (χ0v) is 8.35. The van der Waals surface area contributed by atoms with E-state index >= 15 is 0 Å². The zero-order valence-electron chi connectivity index (χ0n) is 7.60. The van der Waals surface area contributed by atoms with Crippen molar-refractivity contribution in [3.8, 4) is 0 Å². The standard InChI is InChI=1S/C7H7ClF3N3O/c1-12-6(15)4-2-14(13-5(4)8)3-7(9,10)11/h2H,3H2,1H3,(H,12,15). The maximum absolute atomic E-state index is 12.0. The molecule has 1 rings (SSSR count). The zero-order chi connectivity index (χ0) is 11.6. The molecule has 8 heteroatoms. The Labute approximate surface area is 88.0 Å². The quantitative estimate of drug-likeness (QED) is 0.852. The van der Waals surface area contributed by atoms with Crippen molar-refractivity contribution in [2.24, 2.45) is 0 Å². The molecule has 0 aromatic carbocycles. The van der Waals surface area contributed by atoms with Gasteiger partial charge in [0.05, 0.1) is 5.56 Å². The molecule has 0 fully saturated rings. The average molecular weight is 242 g/mol. The van der Waals surface area contributed by atoms with Crippen LogP contribution in [0, 0.1) is 0 Å². The van der Waals surface area contributed by atoms with E-state index in [9.17, 15) is 18.0 Å². The fourth-order valence-corrected chi connectivity index (χ4v) is 1.18. The van der Waals surface area contributed by atoms with E-state index < -0.39 is 18.6 Å². The molecule has 0 aliphatic rings. The normalized spacial score (nSPS) is 11.5. The van der Waals surface area contributed by atoms with Crippen molar-refractivity contribution < 1.29 is 18.0 Å². The SMILES string of the molecule is CNC(=O)c1cn(CC(F)(F)F)nc1Cl. The molecule has 1 amide bonds. The first-order chi connectivity index (χ1) is 6.83. The predicted molar refractivity (Wildman–Crippen MR) is 46.7 cm³/mol. The van der Waals surface area contributed by atoms with Gasteiger partial charge in [0.15, 0.2) is 5.15 Å². The van der Waals surface area contributed by atoms with Gasteiger partial charge in [-0.1, -0.05) is 11.6 Å². The van der Waals surface area contributed by atoms with Gasteiger partial charge in [-0.25, -0.2) is 0 Å². The summed E-state index contributed by atoms with van der Waals surface area (Å²) in [7, 11) is 1.35. The van der Waals surface area contributed by atoms with E-state index in [1.54, 1.807) is 0 Å². The summed E-state index contributed by atoms with van der Waals surface area (Å²) < 4.78 is 36.5. The van der Waals surface area contributed by atoms with Crippen LogP contribution in [-0.4, -0.2) is 28.9 Å². The molecular formula is C7H7ClF3N3O. The summed E-state index contributed by atoms with van der Waals surface area (Å²) in [6.45, 7) is -1.27. The van der Waals surface area contributed by atoms with E-state index in [-0.39, 0.29) is 10.7 Å². The number of nitrogens with one attached hydrogen (secondary N) is 1. The Hall–Kier alpha value is -1.24. The molecule has 0 aliphatic carbocycles. The topological polar surface area (TPSA) is 46.9 Å². The monoisotopic (exact) mass is 241 g/mol. The summed E-state index contributed by atoms with van der Waals surface area (Å²) >= 11 is 5.49. The Balaban J connectivity index is 2.91. The lowest BCUT2D eigenvalue weighted by atomic mass is 10.3. The van der Waals surface area contributed by atoms with Crippen LogP contribution in [0.25, 0.3) is 0 Å². The maximum Gasteiger partial charge on any atom is 0.408 e. The number of carbonyl (C=O) groups excluding carboxylic acids is 1. The Bertz CT molecular complexity index is 374. The van der Waals surface area contributed by atoms with Gasteiger partial charge in [-0.05, 0) is 0 Å². The number of aromatic nitrogens is 2. The summed E-state index contributed by atoms with van der Waals surface area (Å²) in [5.74, 6) is -0.576. The van der Waals surface area contributed by atoms with Crippen LogP contribution in [0.1, 0.15) is 10.4 Å². The molecule has 0 unspecified atom stereocenters. The first-order valence-corrected chi connectivity index (χ1v) is 4.23. The number of halogens is 4. The lowest BCUT2D eigenvalue weighted by Crippen LogP contribution is -2.19. The fourth-order valence-electron chi connectivity index (χ4n) is 0.949. The summed E-state index contributed by atoms with van der Waals surface area (Å²) in [4.78, 5) is 11.1. The highest BCUT2D eigenvalue weighted by atomic mass is 35.5. The first kappa shape index (κ1) is 11.8. The molecular weight excluding hydrogens is 235 g/mol. The number of rotatable bonds is 2. The van der Waals surface area contributed by atoms with Crippen molar-refractivity contribution in [1.29, 1.82) is 0 Å². The molecule has 4 nitrogen and oxygen atoms in total. The first-order valence-electron chi connectivity index (χ1n) is 3.85. The van der Waals surface area contributed by atoms with Gasteiger partial charge in [-0.3, -0.25) is 9.48 Å². The van der Waals surface area contributed by atoms with Crippen molar-refractivity contribution >= 4 is 17.5 Å². The molecule has 0 atom stereocenters. The van der Waals surface area contributed by atoms with E-state index in [4.69, 9.17) is 11.6 Å². The third-order valence-corrected chi connectivity index (χ3v) is 1.81. The van der Waals surface area contributed by atoms with E-state index in [2.05, 4.69) is 10.4 Å². The fraction of sp³-hybridized carbons (Fsp3) is 0.429. The number of nitrogens with zero attached hydrogens (tertiary/aromatic N) is 2. The van der Waals surface area contributed by atoms with Gasteiger partial charge in [0, 0.05) is 13.2 Å². The molecule has 15 heavy (non-hydrogen) atoms. The van der Waals surface area contributed by atoms with Crippen molar-refractivity contribution in [3.63, 3.8) is 0 Å². The Morgan fingerprint density at radius 3 is 2.73 bits per heavy atom. The van der Waals surface area contributed by atoms with Crippen LogP contribution >= 0.6 is 11.6 Å². The van der Waals surface area contributed by atoms with Gasteiger partial charge in [0.1, 0.15) is 6.54 Å². The molecule has 0 bridgehead atoms. The molecule has 0 radical (unpaired) electrons. The number of hydrogen-bond acceptors (Lipinski definition) is 2. The molecule has 84 valence electrons. The molecule has 1 aromatic heterocycles. The van der Waals surface area contributed by atoms with Crippen LogP contribution in [0.2, 0.25) is 5.15 Å². The average Bonchev–Trinajstić information content (AvgIpc) is 2.42. The Kier molecular flexibility index (Phi) is 3.23. The van der Waals surface area contributed by atoms with Crippen molar-refractivity contribution in [2.45, 2.75) is 12.7 Å². The van der Waals surface area contributed by atoms with Gasteiger partial charge < -0.3 is 5.32 Å². The molecule has 1 heterocycles. The largest absolute Gasteiger partial charge is 0.408 e. The lowest BCUT2D eigenvalue weighted by molar-refractivity contribution is -0.142. The second-order valence-electron chi connectivity index (χ2n) is 2.73. The molecule has 0 spiro atoms. The summed E-state index contributed by atoms with van der Waals surface area (Å²) in [6, 6.07) is 0. The molecule has 0 aliphatic heterocycles. The van der Waals surface area contributed by atoms with Gasteiger partial charge >= 0.3 is 6.18 Å².